The van der Waals surface area contributed by atoms with Crippen LogP contribution in [0.15, 0.2) is 54.6 Å². The number of ketones is 1. The van der Waals surface area contributed by atoms with Crippen LogP contribution in [0, 0.1) is 0 Å². The molecular formula is C18H20N2O2. The highest BCUT2D eigenvalue weighted by molar-refractivity contribution is 6.09. The van der Waals surface area contributed by atoms with Gasteiger partial charge in [-0.15, -0.1) is 0 Å². The summed E-state index contributed by atoms with van der Waals surface area (Å²) < 4.78 is 0. The summed E-state index contributed by atoms with van der Waals surface area (Å²) in [6.07, 6.45) is 0. The molecule has 0 fully saturated rings. The Morgan fingerprint density at radius 2 is 1.27 bits per heavy atom. The second-order valence-electron chi connectivity index (χ2n) is 6.10. The normalized spacial score (nSPS) is 11.0. The van der Waals surface area contributed by atoms with Gasteiger partial charge in [-0.2, -0.15) is 0 Å². The fraction of sp³-hybridized carbons (Fsp3) is 0.222. The summed E-state index contributed by atoms with van der Waals surface area (Å²) in [4.78, 5) is 24.3. The lowest BCUT2D eigenvalue weighted by Crippen LogP contribution is -2.48. The van der Waals surface area contributed by atoms with Gasteiger partial charge in [-0.3, -0.25) is 15.0 Å². The van der Waals surface area contributed by atoms with Crippen LogP contribution < -0.4 is 10.9 Å². The molecule has 0 bridgehead atoms. The minimum Gasteiger partial charge on any atom is -0.289 e. The molecule has 2 N–H and O–H groups in total. The molecule has 0 unspecified atom stereocenters. The van der Waals surface area contributed by atoms with Crippen LogP contribution in [0.1, 0.15) is 47.1 Å². The van der Waals surface area contributed by atoms with Crippen LogP contribution in [0.3, 0.4) is 0 Å². The van der Waals surface area contributed by atoms with E-state index in [2.05, 4.69) is 10.9 Å². The summed E-state index contributed by atoms with van der Waals surface area (Å²) in [5, 5.41) is 0. The average molecular weight is 296 g/mol. The highest BCUT2D eigenvalue weighted by Gasteiger charge is 2.13. The number of rotatable bonds is 4. The molecule has 0 saturated carbocycles. The lowest BCUT2D eigenvalue weighted by molar-refractivity contribution is 0.0913. The molecule has 1 amide bonds. The van der Waals surface area contributed by atoms with E-state index in [1.165, 1.54) is 0 Å². The van der Waals surface area contributed by atoms with Crippen molar-refractivity contribution in [2.45, 2.75) is 26.3 Å². The fourth-order valence-corrected chi connectivity index (χ4v) is 1.85. The maximum absolute atomic E-state index is 12.3. The van der Waals surface area contributed by atoms with E-state index >= 15 is 0 Å². The predicted octanol–water partition coefficient (Wildman–Crippen LogP) is 2.95. The van der Waals surface area contributed by atoms with Crippen molar-refractivity contribution in [2.75, 3.05) is 0 Å². The van der Waals surface area contributed by atoms with Crippen molar-refractivity contribution in [1.29, 1.82) is 0 Å². The fourth-order valence-electron chi connectivity index (χ4n) is 1.85. The first-order valence-electron chi connectivity index (χ1n) is 7.14. The average Bonchev–Trinajstić information content (AvgIpc) is 2.52. The van der Waals surface area contributed by atoms with Gasteiger partial charge in [-0.05, 0) is 32.9 Å². The van der Waals surface area contributed by atoms with Crippen molar-refractivity contribution >= 4 is 11.7 Å². The Kier molecular flexibility index (Phi) is 4.73. The van der Waals surface area contributed by atoms with E-state index in [4.69, 9.17) is 0 Å². The Balaban J connectivity index is 2.07. The van der Waals surface area contributed by atoms with E-state index in [1.807, 2.05) is 39.0 Å². The molecular weight excluding hydrogens is 276 g/mol. The first-order chi connectivity index (χ1) is 10.4. The maximum atomic E-state index is 12.3. The molecule has 2 rings (SSSR count). The van der Waals surface area contributed by atoms with Gasteiger partial charge in [0.15, 0.2) is 5.78 Å². The van der Waals surface area contributed by atoms with E-state index in [0.29, 0.717) is 16.7 Å². The summed E-state index contributed by atoms with van der Waals surface area (Å²) in [5.74, 6) is -0.283. The van der Waals surface area contributed by atoms with E-state index in [9.17, 15) is 9.59 Å². The van der Waals surface area contributed by atoms with Crippen LogP contribution in [-0.4, -0.2) is 17.2 Å². The molecule has 0 aliphatic rings. The molecule has 0 heterocycles. The lowest BCUT2D eigenvalue weighted by Gasteiger charge is -2.20. The number of amides is 1. The minimum atomic E-state index is -0.228. The second kappa shape index (κ2) is 6.54. The van der Waals surface area contributed by atoms with Crippen molar-refractivity contribution in [3.8, 4) is 0 Å². The third-order valence-corrected chi connectivity index (χ3v) is 3.00. The van der Waals surface area contributed by atoms with Crippen LogP contribution in [0.5, 0.6) is 0 Å². The van der Waals surface area contributed by atoms with Gasteiger partial charge in [-0.1, -0.05) is 42.5 Å². The Morgan fingerprint density at radius 3 is 1.82 bits per heavy atom. The zero-order valence-corrected chi connectivity index (χ0v) is 13.0. The van der Waals surface area contributed by atoms with Crippen molar-refractivity contribution < 1.29 is 9.59 Å². The van der Waals surface area contributed by atoms with Gasteiger partial charge in [0.05, 0.1) is 0 Å². The zero-order chi connectivity index (χ0) is 16.2. The van der Waals surface area contributed by atoms with E-state index < -0.39 is 0 Å². The van der Waals surface area contributed by atoms with Gasteiger partial charge in [-0.25, -0.2) is 5.43 Å². The Bertz CT molecular complexity index is 656. The third kappa shape index (κ3) is 4.27. The number of carbonyl (C=O) groups is 2. The van der Waals surface area contributed by atoms with Crippen LogP contribution >= 0.6 is 0 Å². The van der Waals surface area contributed by atoms with Gasteiger partial charge in [0.1, 0.15) is 0 Å². The van der Waals surface area contributed by atoms with Gasteiger partial charge in [0.25, 0.3) is 5.91 Å². The van der Waals surface area contributed by atoms with Crippen LogP contribution in [-0.2, 0) is 0 Å². The molecule has 2 aromatic carbocycles. The largest absolute Gasteiger partial charge is 0.289 e. The number of nitrogens with one attached hydrogen (secondary N) is 2. The summed E-state index contributed by atoms with van der Waals surface area (Å²) in [6.45, 7) is 5.86. The standard InChI is InChI=1S/C18H20N2O2/c1-18(2,3)20-19-17(22)15-11-9-14(10-12-15)16(21)13-7-5-4-6-8-13/h4-12,20H,1-3H3,(H,19,22). The highest BCUT2D eigenvalue weighted by Crippen LogP contribution is 2.11. The number of benzene rings is 2. The Hall–Kier alpha value is -2.46. The molecule has 0 spiro atoms. The molecule has 0 aromatic heterocycles. The SMILES string of the molecule is CC(C)(C)NNC(=O)c1ccc(C(=O)c2ccccc2)cc1. The highest BCUT2D eigenvalue weighted by atomic mass is 16.2. The molecule has 4 nitrogen and oxygen atoms in total. The Morgan fingerprint density at radius 1 is 0.773 bits per heavy atom. The van der Waals surface area contributed by atoms with Crippen molar-refractivity contribution in [1.82, 2.24) is 10.9 Å². The smallest absolute Gasteiger partial charge is 0.265 e. The Labute approximate surface area is 130 Å². The summed E-state index contributed by atoms with van der Waals surface area (Å²) >= 11 is 0. The molecule has 0 aliphatic carbocycles. The molecule has 0 saturated heterocycles. The number of hydrazine groups is 1. The summed E-state index contributed by atoms with van der Waals surface area (Å²) in [6, 6.07) is 15.7. The predicted molar refractivity (Wildman–Crippen MR) is 86.7 cm³/mol. The van der Waals surface area contributed by atoms with Crippen molar-refractivity contribution in [3.63, 3.8) is 0 Å². The maximum Gasteiger partial charge on any atom is 0.265 e. The zero-order valence-electron chi connectivity index (χ0n) is 13.0. The van der Waals surface area contributed by atoms with Crippen LogP contribution in [0.25, 0.3) is 0 Å². The van der Waals surface area contributed by atoms with Crippen molar-refractivity contribution in [3.05, 3.63) is 71.3 Å². The molecule has 0 atom stereocenters. The van der Waals surface area contributed by atoms with Gasteiger partial charge >= 0.3 is 0 Å². The molecule has 0 aliphatic heterocycles. The monoisotopic (exact) mass is 296 g/mol. The van der Waals surface area contributed by atoms with E-state index in [0.717, 1.165) is 0 Å². The number of carbonyl (C=O) groups excluding carboxylic acids is 2. The van der Waals surface area contributed by atoms with Crippen LogP contribution in [0.2, 0.25) is 0 Å². The van der Waals surface area contributed by atoms with E-state index in [-0.39, 0.29) is 17.2 Å². The first-order valence-corrected chi connectivity index (χ1v) is 7.14. The van der Waals surface area contributed by atoms with Crippen LogP contribution in [0.4, 0.5) is 0 Å². The van der Waals surface area contributed by atoms with Gasteiger partial charge in [0, 0.05) is 22.2 Å². The third-order valence-electron chi connectivity index (χ3n) is 3.00. The number of hydrogen-bond donors (Lipinski definition) is 2. The summed E-state index contributed by atoms with van der Waals surface area (Å²) in [5.41, 5.74) is 7.05. The lowest BCUT2D eigenvalue weighted by atomic mass is 10.0. The van der Waals surface area contributed by atoms with E-state index in [1.54, 1.807) is 36.4 Å². The van der Waals surface area contributed by atoms with Crippen molar-refractivity contribution in [2.24, 2.45) is 0 Å². The first kappa shape index (κ1) is 15.9. The van der Waals surface area contributed by atoms with Gasteiger partial charge in [0.2, 0.25) is 0 Å². The molecule has 0 radical (unpaired) electrons. The second-order valence-corrected chi connectivity index (χ2v) is 6.10. The molecule has 4 heteroatoms. The minimum absolute atomic E-state index is 0.0552. The summed E-state index contributed by atoms with van der Waals surface area (Å²) in [7, 11) is 0. The topological polar surface area (TPSA) is 58.2 Å². The molecule has 2 aromatic rings. The van der Waals surface area contributed by atoms with Gasteiger partial charge < -0.3 is 0 Å². The quantitative estimate of drug-likeness (QED) is 0.673. The number of hydrogen-bond acceptors (Lipinski definition) is 3. The molecule has 22 heavy (non-hydrogen) atoms. The molecule has 114 valence electrons.